The van der Waals surface area contributed by atoms with E-state index in [1.54, 1.807) is 11.3 Å². The normalized spacial score (nSPS) is 21.0. The summed E-state index contributed by atoms with van der Waals surface area (Å²) in [5.41, 5.74) is 0. The average molecular weight is 258 g/mol. The molecule has 13 heavy (non-hydrogen) atoms. The van der Waals surface area contributed by atoms with Gasteiger partial charge in [0.2, 0.25) is 5.90 Å². The minimum Gasteiger partial charge on any atom is -0.466 e. The first-order chi connectivity index (χ1) is 6.27. The fourth-order valence-corrected chi connectivity index (χ4v) is 1.99. The van der Waals surface area contributed by atoms with Crippen molar-refractivity contribution >= 4 is 33.2 Å². The molecule has 0 saturated carbocycles. The van der Waals surface area contributed by atoms with Gasteiger partial charge in [-0.15, -0.1) is 11.3 Å². The number of nitrogens with zero attached hydrogens (tertiary/aromatic N) is 1. The van der Waals surface area contributed by atoms with Crippen molar-refractivity contribution in [2.75, 3.05) is 6.54 Å². The lowest BCUT2D eigenvalue weighted by atomic mass is 10.4. The summed E-state index contributed by atoms with van der Waals surface area (Å²) in [5.74, 6) is 0.737. The summed E-state index contributed by atoms with van der Waals surface area (Å²) in [6, 6.07) is 3.99. The molecule has 1 atom stereocenters. The molecule has 0 saturated heterocycles. The molecule has 1 aromatic rings. The highest BCUT2D eigenvalue weighted by Gasteiger charge is 2.22. The Morgan fingerprint density at radius 2 is 2.62 bits per heavy atom. The lowest BCUT2D eigenvalue weighted by molar-refractivity contribution is 0.273. The quantitative estimate of drug-likeness (QED) is 0.799. The summed E-state index contributed by atoms with van der Waals surface area (Å²) in [7, 11) is 0. The van der Waals surface area contributed by atoms with Crippen molar-refractivity contribution in [1.29, 1.82) is 0 Å². The zero-order chi connectivity index (χ0) is 9.26. The molecule has 0 aliphatic carbocycles. The maximum atomic E-state index is 5.58. The van der Waals surface area contributed by atoms with Gasteiger partial charge in [-0.05, 0) is 11.4 Å². The van der Waals surface area contributed by atoms with Gasteiger partial charge in [0.25, 0.3) is 0 Å². The van der Waals surface area contributed by atoms with Crippen molar-refractivity contribution in [1.82, 2.24) is 0 Å². The third kappa shape index (κ3) is 1.84. The Bertz CT molecular complexity index is 345. The van der Waals surface area contributed by atoms with E-state index in [0.29, 0.717) is 6.54 Å². The summed E-state index contributed by atoms with van der Waals surface area (Å²) < 4.78 is 6.43. The van der Waals surface area contributed by atoms with Gasteiger partial charge in [0, 0.05) is 4.48 Å². The third-order valence-electron chi connectivity index (χ3n) is 1.74. The highest BCUT2D eigenvalue weighted by atomic mass is 79.9. The van der Waals surface area contributed by atoms with E-state index in [-0.39, 0.29) is 6.10 Å². The van der Waals surface area contributed by atoms with Gasteiger partial charge in [-0.1, -0.05) is 28.6 Å². The number of ether oxygens (including phenoxy) is 1. The molecule has 1 aromatic heterocycles. The van der Waals surface area contributed by atoms with Gasteiger partial charge in [-0.25, -0.2) is 4.99 Å². The number of hydrogen-bond donors (Lipinski definition) is 0. The summed E-state index contributed by atoms with van der Waals surface area (Å²) in [6.45, 7) is 4.44. The number of rotatable bonds is 2. The maximum absolute atomic E-state index is 5.58. The van der Waals surface area contributed by atoms with Crippen LogP contribution in [0.3, 0.4) is 0 Å². The van der Waals surface area contributed by atoms with Gasteiger partial charge < -0.3 is 4.74 Å². The van der Waals surface area contributed by atoms with Crippen LogP contribution >= 0.6 is 27.3 Å². The Morgan fingerprint density at radius 1 is 1.77 bits per heavy atom. The van der Waals surface area contributed by atoms with Crippen LogP contribution in [0, 0.1) is 0 Å². The Hall–Kier alpha value is -0.610. The molecule has 2 nitrogen and oxygen atoms in total. The van der Waals surface area contributed by atoms with Gasteiger partial charge in [0.15, 0.2) is 6.10 Å². The highest BCUT2D eigenvalue weighted by Crippen LogP contribution is 2.22. The van der Waals surface area contributed by atoms with Gasteiger partial charge in [-0.3, -0.25) is 0 Å². The minimum absolute atomic E-state index is 0.00269. The largest absolute Gasteiger partial charge is 0.466 e. The molecule has 0 unspecified atom stereocenters. The van der Waals surface area contributed by atoms with Crippen LogP contribution in [0.1, 0.15) is 4.88 Å². The second-order valence-corrected chi connectivity index (χ2v) is 4.64. The fourth-order valence-electron chi connectivity index (χ4n) is 1.07. The van der Waals surface area contributed by atoms with E-state index < -0.39 is 0 Å². The van der Waals surface area contributed by atoms with Crippen LogP contribution in [0.25, 0.3) is 0 Å². The molecule has 1 aliphatic rings. The van der Waals surface area contributed by atoms with Gasteiger partial charge in [0.05, 0.1) is 11.4 Å². The van der Waals surface area contributed by atoms with Crippen molar-refractivity contribution in [3.8, 4) is 0 Å². The molecule has 4 heteroatoms. The molecular formula is C9H8BrNOS. The summed E-state index contributed by atoms with van der Waals surface area (Å²) in [6.07, 6.45) is -0.00269. The van der Waals surface area contributed by atoms with Crippen molar-refractivity contribution in [2.45, 2.75) is 6.10 Å². The predicted octanol–water partition coefficient (Wildman–Crippen LogP) is 2.80. The molecular weight excluding hydrogens is 250 g/mol. The van der Waals surface area contributed by atoms with Crippen LogP contribution in [0.4, 0.5) is 0 Å². The number of hydrogen-bond acceptors (Lipinski definition) is 3. The molecule has 0 aromatic carbocycles. The third-order valence-corrected chi connectivity index (χ3v) is 3.10. The second kappa shape index (κ2) is 3.64. The van der Waals surface area contributed by atoms with Gasteiger partial charge >= 0.3 is 0 Å². The van der Waals surface area contributed by atoms with E-state index in [2.05, 4.69) is 27.5 Å². The average Bonchev–Trinajstić information content (AvgIpc) is 2.75. The summed E-state index contributed by atoms with van der Waals surface area (Å²) >= 11 is 4.94. The standard InChI is InChI=1S/C9H8BrNOS/c1-6(10)7-5-11-9(12-7)8-3-2-4-13-8/h2-4,7H,1,5H2/t7-/m0/s1. The van der Waals surface area contributed by atoms with Crippen LogP contribution in [0.2, 0.25) is 0 Å². The Kier molecular flexibility index (Phi) is 2.51. The van der Waals surface area contributed by atoms with E-state index in [9.17, 15) is 0 Å². The second-order valence-electron chi connectivity index (χ2n) is 2.68. The summed E-state index contributed by atoms with van der Waals surface area (Å²) in [4.78, 5) is 5.37. The molecule has 1 aliphatic heterocycles. The van der Waals surface area contributed by atoms with Crippen molar-refractivity contribution in [3.63, 3.8) is 0 Å². The van der Waals surface area contributed by atoms with Crippen molar-refractivity contribution < 1.29 is 4.74 Å². The van der Waals surface area contributed by atoms with E-state index in [1.807, 2.05) is 17.5 Å². The first-order valence-electron chi connectivity index (χ1n) is 3.86. The molecule has 0 radical (unpaired) electrons. The van der Waals surface area contributed by atoms with Crippen LogP contribution in [0.15, 0.2) is 33.6 Å². The monoisotopic (exact) mass is 257 g/mol. The van der Waals surface area contributed by atoms with Gasteiger partial charge in [-0.2, -0.15) is 0 Å². The first kappa shape index (κ1) is 8.97. The lowest BCUT2D eigenvalue weighted by Gasteiger charge is -2.07. The number of aliphatic imine (C=N–C) groups is 1. The van der Waals surface area contributed by atoms with E-state index in [0.717, 1.165) is 15.3 Å². The molecule has 2 heterocycles. The van der Waals surface area contributed by atoms with Crippen LogP contribution < -0.4 is 0 Å². The molecule has 2 rings (SSSR count). The topological polar surface area (TPSA) is 21.6 Å². The molecule has 68 valence electrons. The van der Waals surface area contributed by atoms with Crippen molar-refractivity contribution in [2.24, 2.45) is 4.99 Å². The minimum atomic E-state index is -0.00269. The fraction of sp³-hybridized carbons (Fsp3) is 0.222. The molecule has 0 spiro atoms. The first-order valence-corrected chi connectivity index (χ1v) is 5.54. The lowest BCUT2D eigenvalue weighted by Crippen LogP contribution is -2.12. The van der Waals surface area contributed by atoms with Crippen LogP contribution in [0.5, 0.6) is 0 Å². The summed E-state index contributed by atoms with van der Waals surface area (Å²) in [5, 5.41) is 2.01. The zero-order valence-electron chi connectivity index (χ0n) is 6.87. The SMILES string of the molecule is C=C(Br)[C@@H]1CN=C(c2cccs2)O1. The number of halogens is 1. The Balaban J connectivity index is 2.10. The van der Waals surface area contributed by atoms with Crippen LogP contribution in [-0.4, -0.2) is 18.5 Å². The maximum Gasteiger partial charge on any atom is 0.227 e. The van der Waals surface area contributed by atoms with E-state index in [4.69, 9.17) is 4.74 Å². The molecule has 0 amide bonds. The number of thiophene rings is 1. The molecule has 0 fully saturated rings. The van der Waals surface area contributed by atoms with E-state index in [1.165, 1.54) is 0 Å². The van der Waals surface area contributed by atoms with Gasteiger partial charge in [0.1, 0.15) is 0 Å². The van der Waals surface area contributed by atoms with Crippen molar-refractivity contribution in [3.05, 3.63) is 33.5 Å². The highest BCUT2D eigenvalue weighted by molar-refractivity contribution is 9.11. The zero-order valence-corrected chi connectivity index (χ0v) is 9.27. The molecule has 0 bridgehead atoms. The van der Waals surface area contributed by atoms with E-state index >= 15 is 0 Å². The Labute approximate surface area is 89.1 Å². The predicted molar refractivity (Wildman–Crippen MR) is 58.7 cm³/mol. The molecule has 0 N–H and O–H groups in total. The Morgan fingerprint density at radius 3 is 3.15 bits per heavy atom. The van der Waals surface area contributed by atoms with Crippen LogP contribution in [-0.2, 0) is 4.74 Å². The smallest absolute Gasteiger partial charge is 0.227 e.